The van der Waals surface area contributed by atoms with E-state index in [9.17, 15) is 5.11 Å². The first kappa shape index (κ1) is 13.1. The second kappa shape index (κ2) is 5.98. The Balaban J connectivity index is 2.05. The molecule has 0 radical (unpaired) electrons. The van der Waals surface area contributed by atoms with E-state index in [0.717, 1.165) is 19.4 Å². The molecule has 1 N–H and O–H groups in total. The summed E-state index contributed by atoms with van der Waals surface area (Å²) in [6.07, 6.45) is 4.42. The van der Waals surface area contributed by atoms with Crippen LogP contribution in [0, 0.1) is 0 Å². The van der Waals surface area contributed by atoms with Crippen LogP contribution in [0.2, 0.25) is 0 Å². The lowest BCUT2D eigenvalue weighted by molar-refractivity contribution is 0.000893. The van der Waals surface area contributed by atoms with Crippen LogP contribution < -0.4 is 0 Å². The van der Waals surface area contributed by atoms with Crippen LogP contribution >= 0.6 is 11.3 Å². The van der Waals surface area contributed by atoms with E-state index in [-0.39, 0.29) is 6.10 Å². The van der Waals surface area contributed by atoms with E-state index in [2.05, 4.69) is 36.3 Å². The van der Waals surface area contributed by atoms with Gasteiger partial charge in [0.15, 0.2) is 0 Å². The Bertz CT molecular complexity index is 323. The molecule has 0 saturated heterocycles. The summed E-state index contributed by atoms with van der Waals surface area (Å²) < 4.78 is 0. The van der Waals surface area contributed by atoms with Gasteiger partial charge in [-0.3, -0.25) is 4.90 Å². The van der Waals surface area contributed by atoms with Crippen LogP contribution in [-0.2, 0) is 6.54 Å². The smallest absolute Gasteiger partial charge is 0.0695 e. The molecule has 0 aromatic carbocycles. The van der Waals surface area contributed by atoms with E-state index in [4.69, 9.17) is 0 Å². The maximum Gasteiger partial charge on any atom is 0.0695 e. The number of nitrogens with zero attached hydrogens (tertiary/aromatic N) is 1. The fraction of sp³-hybridized carbons (Fsp3) is 0.714. The molecule has 2 nitrogen and oxygen atoms in total. The molecule has 96 valence electrons. The predicted octanol–water partition coefficient (Wildman–Crippen LogP) is 3.26. The van der Waals surface area contributed by atoms with E-state index in [1.54, 1.807) is 0 Å². The normalized spacial score (nSPS) is 25.7. The van der Waals surface area contributed by atoms with Crippen molar-refractivity contribution in [2.45, 2.75) is 64.3 Å². The van der Waals surface area contributed by atoms with E-state index in [0.29, 0.717) is 12.1 Å². The fourth-order valence-corrected chi connectivity index (χ4v) is 3.46. The minimum Gasteiger partial charge on any atom is -0.391 e. The van der Waals surface area contributed by atoms with Gasteiger partial charge < -0.3 is 5.11 Å². The predicted molar refractivity (Wildman–Crippen MR) is 73.3 cm³/mol. The number of hydrogen-bond donors (Lipinski definition) is 1. The molecule has 1 aromatic heterocycles. The van der Waals surface area contributed by atoms with Crippen molar-refractivity contribution in [2.75, 3.05) is 0 Å². The number of rotatable bonds is 4. The van der Waals surface area contributed by atoms with Gasteiger partial charge in [-0.25, -0.2) is 0 Å². The molecule has 1 aliphatic carbocycles. The molecule has 2 rings (SSSR count). The van der Waals surface area contributed by atoms with Crippen molar-refractivity contribution >= 4 is 11.3 Å². The van der Waals surface area contributed by atoms with Gasteiger partial charge in [0, 0.05) is 23.5 Å². The van der Waals surface area contributed by atoms with Crippen LogP contribution in [0.5, 0.6) is 0 Å². The Kier molecular flexibility index (Phi) is 4.60. The topological polar surface area (TPSA) is 23.5 Å². The summed E-state index contributed by atoms with van der Waals surface area (Å²) in [6, 6.07) is 5.14. The van der Waals surface area contributed by atoms with Gasteiger partial charge in [0.05, 0.1) is 6.10 Å². The molecule has 0 amide bonds. The third-order valence-corrected chi connectivity index (χ3v) is 4.56. The van der Waals surface area contributed by atoms with Gasteiger partial charge in [-0.05, 0) is 38.1 Å². The molecule has 0 bridgehead atoms. The Morgan fingerprint density at radius 2 is 2.18 bits per heavy atom. The molecule has 0 spiro atoms. The van der Waals surface area contributed by atoms with E-state index in [1.165, 1.54) is 17.7 Å². The fourth-order valence-electron chi connectivity index (χ4n) is 2.74. The third-order valence-electron chi connectivity index (χ3n) is 3.70. The van der Waals surface area contributed by atoms with Crippen LogP contribution in [0.15, 0.2) is 17.5 Å². The molecule has 1 heterocycles. The minimum atomic E-state index is -0.133. The van der Waals surface area contributed by atoms with Crippen molar-refractivity contribution in [1.29, 1.82) is 0 Å². The Morgan fingerprint density at radius 1 is 1.41 bits per heavy atom. The monoisotopic (exact) mass is 253 g/mol. The van der Waals surface area contributed by atoms with Crippen molar-refractivity contribution < 1.29 is 5.11 Å². The van der Waals surface area contributed by atoms with Gasteiger partial charge in [0.1, 0.15) is 0 Å². The summed E-state index contributed by atoms with van der Waals surface area (Å²) >= 11 is 1.81. The molecule has 1 fully saturated rings. The average molecular weight is 253 g/mol. The van der Waals surface area contributed by atoms with Gasteiger partial charge in [-0.1, -0.05) is 18.9 Å². The highest BCUT2D eigenvalue weighted by Gasteiger charge is 2.30. The lowest BCUT2D eigenvalue weighted by Crippen LogP contribution is -2.48. The second-order valence-corrected chi connectivity index (χ2v) is 6.30. The molecule has 17 heavy (non-hydrogen) atoms. The lowest BCUT2D eigenvalue weighted by atomic mass is 9.90. The van der Waals surface area contributed by atoms with Gasteiger partial charge in [-0.15, -0.1) is 11.3 Å². The zero-order chi connectivity index (χ0) is 12.3. The van der Waals surface area contributed by atoms with Crippen LogP contribution in [0.1, 0.15) is 44.4 Å². The van der Waals surface area contributed by atoms with E-state index >= 15 is 0 Å². The van der Waals surface area contributed by atoms with Gasteiger partial charge in [0.2, 0.25) is 0 Å². The molecule has 1 saturated carbocycles. The molecule has 0 aliphatic heterocycles. The van der Waals surface area contributed by atoms with Crippen molar-refractivity contribution in [3.63, 3.8) is 0 Å². The van der Waals surface area contributed by atoms with Crippen LogP contribution in [0.4, 0.5) is 0 Å². The zero-order valence-electron chi connectivity index (χ0n) is 10.8. The van der Waals surface area contributed by atoms with Gasteiger partial charge in [0.25, 0.3) is 0 Å². The quantitative estimate of drug-likeness (QED) is 0.890. The molecule has 3 heteroatoms. The molecule has 0 unspecified atom stereocenters. The van der Waals surface area contributed by atoms with Gasteiger partial charge >= 0.3 is 0 Å². The summed E-state index contributed by atoms with van der Waals surface area (Å²) in [5.41, 5.74) is 0. The van der Waals surface area contributed by atoms with Crippen LogP contribution in [0.3, 0.4) is 0 Å². The highest BCUT2D eigenvalue weighted by atomic mass is 32.1. The number of aliphatic hydroxyl groups excluding tert-OH is 1. The number of aliphatic hydroxyl groups is 1. The number of hydrogen-bond acceptors (Lipinski definition) is 3. The van der Waals surface area contributed by atoms with Crippen LogP contribution in [-0.4, -0.2) is 28.2 Å². The third kappa shape index (κ3) is 3.30. The molecular weight excluding hydrogens is 230 g/mol. The van der Waals surface area contributed by atoms with Crippen LogP contribution in [0.25, 0.3) is 0 Å². The summed E-state index contributed by atoms with van der Waals surface area (Å²) in [5, 5.41) is 12.3. The standard InChI is InChI=1S/C14H23NOS/c1-11(2)15(10-12-6-5-9-17-12)13-7-3-4-8-14(13)16/h5-6,9,11,13-14,16H,3-4,7-8,10H2,1-2H3/t13-,14-/m1/s1. The van der Waals surface area contributed by atoms with Crippen molar-refractivity contribution in [3.8, 4) is 0 Å². The first-order valence-electron chi connectivity index (χ1n) is 6.64. The largest absolute Gasteiger partial charge is 0.391 e. The van der Waals surface area contributed by atoms with Crippen molar-refractivity contribution in [2.24, 2.45) is 0 Å². The Morgan fingerprint density at radius 3 is 2.76 bits per heavy atom. The van der Waals surface area contributed by atoms with E-state index < -0.39 is 0 Å². The van der Waals surface area contributed by atoms with E-state index in [1.807, 2.05) is 11.3 Å². The minimum absolute atomic E-state index is 0.133. The lowest BCUT2D eigenvalue weighted by Gasteiger charge is -2.40. The summed E-state index contributed by atoms with van der Waals surface area (Å²) in [7, 11) is 0. The maximum atomic E-state index is 10.2. The Labute approximate surface area is 108 Å². The SMILES string of the molecule is CC(C)N(Cc1cccs1)[C@@H]1CCCC[C@H]1O. The molecule has 1 aliphatic rings. The highest BCUT2D eigenvalue weighted by molar-refractivity contribution is 7.09. The molecule has 1 aromatic rings. The summed E-state index contributed by atoms with van der Waals surface area (Å²) in [4.78, 5) is 3.87. The van der Waals surface area contributed by atoms with Crippen molar-refractivity contribution in [1.82, 2.24) is 4.90 Å². The first-order chi connectivity index (χ1) is 8.18. The first-order valence-corrected chi connectivity index (χ1v) is 7.52. The Hall–Kier alpha value is -0.380. The molecular formula is C14H23NOS. The van der Waals surface area contributed by atoms with Gasteiger partial charge in [-0.2, -0.15) is 0 Å². The average Bonchev–Trinajstić information content (AvgIpc) is 2.79. The number of thiophene rings is 1. The summed E-state index contributed by atoms with van der Waals surface area (Å²) in [6.45, 7) is 5.45. The summed E-state index contributed by atoms with van der Waals surface area (Å²) in [5.74, 6) is 0. The highest BCUT2D eigenvalue weighted by Crippen LogP contribution is 2.27. The molecule has 2 atom stereocenters. The van der Waals surface area contributed by atoms with Crippen molar-refractivity contribution in [3.05, 3.63) is 22.4 Å². The second-order valence-electron chi connectivity index (χ2n) is 5.26. The zero-order valence-corrected chi connectivity index (χ0v) is 11.6. The maximum absolute atomic E-state index is 10.2.